The molecule has 1 aromatic rings. The van der Waals surface area contributed by atoms with Gasteiger partial charge >= 0.3 is 0 Å². The van der Waals surface area contributed by atoms with Gasteiger partial charge in [0.25, 0.3) is 0 Å². The van der Waals surface area contributed by atoms with Gasteiger partial charge in [0.15, 0.2) is 5.82 Å². The zero-order valence-corrected chi connectivity index (χ0v) is 12.1. The molecule has 1 aromatic heterocycles. The van der Waals surface area contributed by atoms with Crippen LogP contribution in [0, 0.1) is 25.2 Å². The minimum absolute atomic E-state index is 0.0363. The minimum Gasteiger partial charge on any atom is -0.347 e. The van der Waals surface area contributed by atoms with Crippen LogP contribution in [0.15, 0.2) is 0 Å². The molecule has 1 heterocycles. The van der Waals surface area contributed by atoms with Crippen LogP contribution in [0.5, 0.6) is 0 Å². The summed E-state index contributed by atoms with van der Waals surface area (Å²) in [5.41, 5.74) is 2.03. The Morgan fingerprint density at radius 3 is 2.42 bits per heavy atom. The van der Waals surface area contributed by atoms with Crippen molar-refractivity contribution >= 4 is 11.7 Å². The fraction of sp³-hybridized carbons (Fsp3) is 0.538. The normalized spacial score (nSPS) is 9.89. The summed E-state index contributed by atoms with van der Waals surface area (Å²) >= 11 is 0. The van der Waals surface area contributed by atoms with Gasteiger partial charge in [-0.05, 0) is 26.3 Å². The van der Waals surface area contributed by atoms with Gasteiger partial charge in [-0.3, -0.25) is 4.79 Å². The van der Waals surface area contributed by atoms with Crippen LogP contribution in [0.1, 0.15) is 23.7 Å². The fourth-order valence-electron chi connectivity index (χ4n) is 1.59. The molecule has 0 atom stereocenters. The second-order valence-electron chi connectivity index (χ2n) is 4.52. The topological polar surface area (TPSA) is 73.1 Å². The highest BCUT2D eigenvalue weighted by Gasteiger charge is 2.19. The molecule has 0 aliphatic heterocycles. The van der Waals surface area contributed by atoms with Gasteiger partial charge < -0.3 is 9.80 Å². The van der Waals surface area contributed by atoms with Crippen molar-refractivity contribution in [3.8, 4) is 6.07 Å². The first-order valence-electron chi connectivity index (χ1n) is 6.11. The fourth-order valence-corrected chi connectivity index (χ4v) is 1.59. The Kier molecular flexibility index (Phi) is 4.81. The van der Waals surface area contributed by atoms with E-state index in [0.29, 0.717) is 17.9 Å². The van der Waals surface area contributed by atoms with Crippen molar-refractivity contribution in [1.82, 2.24) is 15.1 Å². The lowest BCUT2D eigenvalue weighted by molar-refractivity contribution is -0.127. The molecule has 102 valence electrons. The van der Waals surface area contributed by atoms with Crippen molar-refractivity contribution in [1.29, 1.82) is 5.26 Å². The van der Waals surface area contributed by atoms with Crippen molar-refractivity contribution in [2.75, 3.05) is 32.1 Å². The van der Waals surface area contributed by atoms with Gasteiger partial charge in [-0.25, -0.2) is 0 Å². The van der Waals surface area contributed by atoms with E-state index in [0.717, 1.165) is 11.3 Å². The number of aromatic nitrogens is 2. The van der Waals surface area contributed by atoms with Gasteiger partial charge in [0.2, 0.25) is 5.91 Å². The molecular formula is C13H19N5O. The van der Waals surface area contributed by atoms with Gasteiger partial charge in [-0.1, -0.05) is 0 Å². The Hall–Kier alpha value is -2.16. The first-order chi connectivity index (χ1) is 8.92. The molecule has 0 unspecified atom stereocenters. The number of nitriles is 1. The minimum atomic E-state index is -0.0363. The molecule has 0 aliphatic rings. The maximum absolute atomic E-state index is 11.8. The van der Waals surface area contributed by atoms with Gasteiger partial charge in [0.1, 0.15) is 11.6 Å². The molecule has 1 amide bonds. The molecule has 19 heavy (non-hydrogen) atoms. The van der Waals surface area contributed by atoms with Crippen LogP contribution in [0.4, 0.5) is 5.82 Å². The molecule has 0 bridgehead atoms. The molecule has 6 heteroatoms. The summed E-state index contributed by atoms with van der Waals surface area (Å²) in [6.07, 6.45) is 0. The number of carbonyl (C=O) groups is 1. The molecular weight excluding hydrogens is 242 g/mol. The van der Waals surface area contributed by atoms with E-state index in [1.54, 1.807) is 19.0 Å². The number of anilines is 1. The van der Waals surface area contributed by atoms with E-state index >= 15 is 0 Å². The van der Waals surface area contributed by atoms with Gasteiger partial charge in [-0.15, -0.1) is 5.10 Å². The number of rotatable bonds is 4. The van der Waals surface area contributed by atoms with E-state index in [1.807, 2.05) is 20.8 Å². The van der Waals surface area contributed by atoms with Crippen LogP contribution in [0.2, 0.25) is 0 Å². The number of hydrogen-bond donors (Lipinski definition) is 0. The number of amides is 1. The highest BCUT2D eigenvalue weighted by molar-refractivity contribution is 5.81. The summed E-state index contributed by atoms with van der Waals surface area (Å²) in [6, 6.07) is 2.15. The maximum Gasteiger partial charge on any atom is 0.241 e. The molecule has 0 N–H and O–H groups in total. The molecule has 0 saturated heterocycles. The third kappa shape index (κ3) is 3.19. The highest BCUT2D eigenvalue weighted by atomic mass is 16.2. The van der Waals surface area contributed by atoms with Crippen LogP contribution in [0.3, 0.4) is 0 Å². The summed E-state index contributed by atoms with van der Waals surface area (Å²) in [4.78, 5) is 15.1. The van der Waals surface area contributed by atoms with Crippen molar-refractivity contribution < 1.29 is 4.79 Å². The predicted octanol–water partition coefficient (Wildman–Crippen LogP) is 0.880. The average molecular weight is 261 g/mol. The van der Waals surface area contributed by atoms with Gasteiger partial charge in [-0.2, -0.15) is 10.4 Å². The van der Waals surface area contributed by atoms with Crippen LogP contribution in [-0.2, 0) is 4.79 Å². The number of hydrogen-bond acceptors (Lipinski definition) is 5. The summed E-state index contributed by atoms with van der Waals surface area (Å²) in [5.74, 6) is 0.439. The zero-order valence-electron chi connectivity index (χ0n) is 12.1. The average Bonchev–Trinajstić information content (AvgIpc) is 2.38. The molecule has 0 spiro atoms. The molecule has 0 fully saturated rings. The summed E-state index contributed by atoms with van der Waals surface area (Å²) < 4.78 is 0. The van der Waals surface area contributed by atoms with E-state index in [2.05, 4.69) is 16.3 Å². The monoisotopic (exact) mass is 261 g/mol. The molecule has 6 nitrogen and oxygen atoms in total. The first-order valence-corrected chi connectivity index (χ1v) is 6.11. The third-order valence-electron chi connectivity index (χ3n) is 3.05. The molecule has 0 aromatic carbocycles. The van der Waals surface area contributed by atoms with E-state index in [1.165, 1.54) is 4.90 Å². The SMILES string of the molecule is CCN(CC(=O)N(C)C)c1nnc(C)c(C)c1C#N. The largest absolute Gasteiger partial charge is 0.347 e. The van der Waals surface area contributed by atoms with Crippen LogP contribution in [0.25, 0.3) is 0 Å². The third-order valence-corrected chi connectivity index (χ3v) is 3.05. The Morgan fingerprint density at radius 2 is 1.95 bits per heavy atom. The van der Waals surface area contributed by atoms with E-state index in [4.69, 9.17) is 0 Å². The standard InChI is InChI=1S/C13H19N5O/c1-6-18(8-12(19)17(4)5)13-11(7-14)9(2)10(3)15-16-13/h6,8H2,1-5H3. The van der Waals surface area contributed by atoms with Crippen molar-refractivity contribution in [2.24, 2.45) is 0 Å². The maximum atomic E-state index is 11.8. The Bertz CT molecular complexity index is 519. The number of nitrogens with zero attached hydrogens (tertiary/aromatic N) is 5. The molecule has 0 saturated carbocycles. The summed E-state index contributed by atoms with van der Waals surface area (Å²) in [6.45, 7) is 6.35. The number of likely N-dealkylation sites (N-methyl/N-ethyl adjacent to an activating group) is 2. The lowest BCUT2D eigenvalue weighted by Crippen LogP contribution is -2.37. The lowest BCUT2D eigenvalue weighted by Gasteiger charge is -2.24. The molecule has 1 rings (SSSR count). The van der Waals surface area contributed by atoms with Gasteiger partial charge in [0.05, 0.1) is 12.2 Å². The molecule has 0 radical (unpaired) electrons. The van der Waals surface area contributed by atoms with E-state index in [9.17, 15) is 10.1 Å². The summed E-state index contributed by atoms with van der Waals surface area (Å²) in [5, 5.41) is 17.4. The Labute approximate surface area is 113 Å². The number of carbonyl (C=O) groups excluding carboxylic acids is 1. The second kappa shape index (κ2) is 6.14. The van der Waals surface area contributed by atoms with E-state index < -0.39 is 0 Å². The Morgan fingerprint density at radius 1 is 1.32 bits per heavy atom. The second-order valence-corrected chi connectivity index (χ2v) is 4.52. The first kappa shape index (κ1) is 14.9. The van der Waals surface area contributed by atoms with E-state index in [-0.39, 0.29) is 12.5 Å². The van der Waals surface area contributed by atoms with Gasteiger partial charge in [0, 0.05) is 20.6 Å². The van der Waals surface area contributed by atoms with Crippen LogP contribution >= 0.6 is 0 Å². The predicted molar refractivity (Wildman–Crippen MR) is 72.8 cm³/mol. The highest BCUT2D eigenvalue weighted by Crippen LogP contribution is 2.20. The van der Waals surface area contributed by atoms with Crippen LogP contribution < -0.4 is 4.90 Å². The van der Waals surface area contributed by atoms with Crippen molar-refractivity contribution in [3.63, 3.8) is 0 Å². The number of aryl methyl sites for hydroxylation is 1. The quantitative estimate of drug-likeness (QED) is 0.804. The molecule has 0 aliphatic carbocycles. The summed E-state index contributed by atoms with van der Waals surface area (Å²) in [7, 11) is 3.40. The smallest absolute Gasteiger partial charge is 0.241 e. The Balaban J connectivity index is 3.16. The van der Waals surface area contributed by atoms with Crippen LogP contribution in [-0.4, -0.2) is 48.2 Å². The zero-order chi connectivity index (χ0) is 14.6. The van der Waals surface area contributed by atoms with Crippen molar-refractivity contribution in [2.45, 2.75) is 20.8 Å². The van der Waals surface area contributed by atoms with Crippen molar-refractivity contribution in [3.05, 3.63) is 16.8 Å². The lowest BCUT2D eigenvalue weighted by atomic mass is 10.1.